The van der Waals surface area contributed by atoms with Crippen LogP contribution in [0.15, 0.2) is 36.4 Å². The number of carbonyl (C=O) groups is 2. The van der Waals surface area contributed by atoms with E-state index >= 15 is 0 Å². The van der Waals surface area contributed by atoms with E-state index in [4.69, 9.17) is 5.73 Å². The predicted octanol–water partition coefficient (Wildman–Crippen LogP) is 1.76. The lowest BCUT2D eigenvalue weighted by Crippen LogP contribution is -2.43. The van der Waals surface area contributed by atoms with Crippen LogP contribution in [0.1, 0.15) is 32.3 Å². The van der Waals surface area contributed by atoms with E-state index in [1.165, 1.54) is 5.56 Å². The predicted molar refractivity (Wildman–Crippen MR) is 92.1 cm³/mol. The first-order valence-corrected chi connectivity index (χ1v) is 8.16. The Labute approximate surface area is 137 Å². The fourth-order valence-electron chi connectivity index (χ4n) is 2.70. The van der Waals surface area contributed by atoms with Gasteiger partial charge in [0.1, 0.15) is 0 Å². The molecule has 5 heteroatoms. The molecule has 1 aliphatic rings. The van der Waals surface area contributed by atoms with Crippen molar-refractivity contribution in [2.75, 3.05) is 11.4 Å². The molecule has 0 saturated heterocycles. The van der Waals surface area contributed by atoms with Crippen LogP contribution in [0.25, 0.3) is 0 Å². The maximum absolute atomic E-state index is 12.4. The summed E-state index contributed by atoms with van der Waals surface area (Å²) >= 11 is 0. The highest BCUT2D eigenvalue weighted by Gasteiger charge is 2.22. The van der Waals surface area contributed by atoms with Crippen LogP contribution in [-0.4, -0.2) is 30.4 Å². The molecule has 0 radical (unpaired) electrons. The zero-order valence-electron chi connectivity index (χ0n) is 13.8. The lowest BCUT2D eigenvalue weighted by molar-refractivity contribution is -0.122. The number of anilines is 1. The molecule has 2 amide bonds. The number of fused-ring (bicyclic) bond motifs is 1. The van der Waals surface area contributed by atoms with E-state index in [9.17, 15) is 9.59 Å². The van der Waals surface area contributed by atoms with E-state index in [2.05, 4.69) is 11.4 Å². The summed E-state index contributed by atoms with van der Waals surface area (Å²) in [6.45, 7) is 4.39. The molecule has 2 unspecified atom stereocenters. The summed E-state index contributed by atoms with van der Waals surface area (Å²) in [5, 5.41) is 2.86. The Hall–Kier alpha value is -2.14. The number of nitrogens with one attached hydrogen (secondary N) is 1. The number of amides is 2. The molecular weight excluding hydrogens is 290 g/mol. The summed E-state index contributed by atoms with van der Waals surface area (Å²) in [6.07, 6.45) is 5.90. The second-order valence-electron chi connectivity index (χ2n) is 5.92. The Morgan fingerprint density at radius 1 is 1.39 bits per heavy atom. The average molecular weight is 315 g/mol. The van der Waals surface area contributed by atoms with E-state index in [1.54, 1.807) is 24.0 Å². The van der Waals surface area contributed by atoms with Gasteiger partial charge in [-0.2, -0.15) is 0 Å². The Bertz CT molecular complexity index is 596. The molecule has 1 aromatic rings. The highest BCUT2D eigenvalue weighted by atomic mass is 16.2. The zero-order valence-corrected chi connectivity index (χ0v) is 13.8. The van der Waals surface area contributed by atoms with Crippen LogP contribution in [0.4, 0.5) is 5.69 Å². The van der Waals surface area contributed by atoms with Crippen molar-refractivity contribution >= 4 is 17.5 Å². The van der Waals surface area contributed by atoms with Crippen molar-refractivity contribution in [2.24, 2.45) is 5.73 Å². The van der Waals surface area contributed by atoms with E-state index in [1.807, 2.05) is 25.1 Å². The van der Waals surface area contributed by atoms with Crippen LogP contribution in [0, 0.1) is 0 Å². The number of hydrogen-bond donors (Lipinski definition) is 2. The van der Waals surface area contributed by atoms with Crippen LogP contribution in [-0.2, 0) is 16.0 Å². The van der Waals surface area contributed by atoms with E-state index in [-0.39, 0.29) is 17.9 Å². The zero-order chi connectivity index (χ0) is 16.8. The quantitative estimate of drug-likeness (QED) is 0.786. The summed E-state index contributed by atoms with van der Waals surface area (Å²) in [5.41, 5.74) is 7.76. The van der Waals surface area contributed by atoms with Gasteiger partial charge in [-0.25, -0.2) is 0 Å². The van der Waals surface area contributed by atoms with Crippen LogP contribution >= 0.6 is 0 Å². The first kappa shape index (κ1) is 17.2. The molecule has 0 fully saturated rings. The Balaban J connectivity index is 2.02. The van der Waals surface area contributed by atoms with Crippen molar-refractivity contribution in [1.82, 2.24) is 5.32 Å². The summed E-state index contributed by atoms with van der Waals surface area (Å²) in [6, 6.07) is 7.23. The SMILES string of the molecule is CCCC(C=CC(=O)N1CCc2ccccc21)NC(=O)C(C)N. The molecule has 1 heterocycles. The van der Waals surface area contributed by atoms with Gasteiger partial charge in [-0.1, -0.05) is 37.6 Å². The van der Waals surface area contributed by atoms with Crippen molar-refractivity contribution in [3.8, 4) is 0 Å². The minimum atomic E-state index is -0.552. The standard InChI is InChI=1S/C18H25N3O2/c1-3-6-15(20-18(23)13(2)19)9-10-17(22)21-12-11-14-7-4-5-8-16(14)21/h4-5,7-10,13,15H,3,6,11-12,19H2,1-2H3,(H,20,23). The molecule has 2 atom stereocenters. The Morgan fingerprint density at radius 2 is 2.13 bits per heavy atom. The number of carbonyl (C=O) groups excluding carboxylic acids is 2. The normalized spacial score (nSPS) is 16.2. The topological polar surface area (TPSA) is 75.4 Å². The molecule has 0 bridgehead atoms. The van der Waals surface area contributed by atoms with Gasteiger partial charge in [-0.15, -0.1) is 0 Å². The average Bonchev–Trinajstić information content (AvgIpc) is 2.96. The van der Waals surface area contributed by atoms with Gasteiger partial charge in [0.25, 0.3) is 5.91 Å². The summed E-state index contributed by atoms with van der Waals surface area (Å²) in [4.78, 5) is 25.9. The molecule has 0 saturated carbocycles. The lowest BCUT2D eigenvalue weighted by atomic mass is 10.1. The maximum Gasteiger partial charge on any atom is 0.250 e. The number of rotatable bonds is 6. The molecule has 0 spiro atoms. The second kappa shape index (κ2) is 7.92. The first-order valence-electron chi connectivity index (χ1n) is 8.16. The lowest BCUT2D eigenvalue weighted by Gasteiger charge is -2.18. The van der Waals surface area contributed by atoms with Crippen molar-refractivity contribution in [3.63, 3.8) is 0 Å². The molecule has 1 aromatic carbocycles. The molecule has 5 nitrogen and oxygen atoms in total. The number of benzene rings is 1. The third-order valence-electron chi connectivity index (χ3n) is 3.97. The van der Waals surface area contributed by atoms with Gasteiger partial charge in [0.2, 0.25) is 5.91 Å². The highest BCUT2D eigenvalue weighted by molar-refractivity contribution is 6.03. The summed E-state index contributed by atoms with van der Waals surface area (Å²) < 4.78 is 0. The molecule has 124 valence electrons. The van der Waals surface area contributed by atoms with Gasteiger partial charge in [0.15, 0.2) is 0 Å². The van der Waals surface area contributed by atoms with Crippen molar-refractivity contribution in [3.05, 3.63) is 42.0 Å². The Morgan fingerprint density at radius 3 is 2.83 bits per heavy atom. The summed E-state index contributed by atoms with van der Waals surface area (Å²) in [5.74, 6) is -0.252. The van der Waals surface area contributed by atoms with Crippen molar-refractivity contribution in [2.45, 2.75) is 45.2 Å². The van der Waals surface area contributed by atoms with Gasteiger partial charge >= 0.3 is 0 Å². The van der Waals surface area contributed by atoms with E-state index < -0.39 is 6.04 Å². The van der Waals surface area contributed by atoms with Crippen LogP contribution < -0.4 is 16.0 Å². The molecule has 0 aliphatic carbocycles. The number of para-hydroxylation sites is 1. The van der Waals surface area contributed by atoms with Gasteiger partial charge in [-0.05, 0) is 31.4 Å². The van der Waals surface area contributed by atoms with Gasteiger partial charge < -0.3 is 16.0 Å². The molecule has 1 aliphatic heterocycles. The van der Waals surface area contributed by atoms with Gasteiger partial charge in [0.05, 0.1) is 6.04 Å². The smallest absolute Gasteiger partial charge is 0.250 e. The third-order valence-corrected chi connectivity index (χ3v) is 3.97. The van der Waals surface area contributed by atoms with Crippen molar-refractivity contribution < 1.29 is 9.59 Å². The minimum Gasteiger partial charge on any atom is -0.349 e. The number of nitrogens with two attached hydrogens (primary N) is 1. The maximum atomic E-state index is 12.4. The largest absolute Gasteiger partial charge is 0.349 e. The molecule has 0 aromatic heterocycles. The van der Waals surface area contributed by atoms with Crippen LogP contribution in [0.2, 0.25) is 0 Å². The van der Waals surface area contributed by atoms with Crippen LogP contribution in [0.5, 0.6) is 0 Å². The highest BCUT2D eigenvalue weighted by Crippen LogP contribution is 2.27. The Kier molecular flexibility index (Phi) is 5.93. The molecule has 3 N–H and O–H groups in total. The number of nitrogens with zero attached hydrogens (tertiary/aromatic N) is 1. The monoisotopic (exact) mass is 315 g/mol. The first-order chi connectivity index (χ1) is 11.0. The fourth-order valence-corrected chi connectivity index (χ4v) is 2.70. The minimum absolute atomic E-state index is 0.0499. The third kappa shape index (κ3) is 4.42. The second-order valence-corrected chi connectivity index (χ2v) is 5.92. The van der Waals surface area contributed by atoms with E-state index in [0.717, 1.165) is 24.9 Å². The van der Waals surface area contributed by atoms with Crippen molar-refractivity contribution in [1.29, 1.82) is 0 Å². The summed E-state index contributed by atoms with van der Waals surface area (Å²) in [7, 11) is 0. The van der Waals surface area contributed by atoms with Crippen LogP contribution in [0.3, 0.4) is 0 Å². The van der Waals surface area contributed by atoms with Gasteiger partial charge in [0, 0.05) is 24.4 Å². The fraction of sp³-hybridized carbons (Fsp3) is 0.444. The number of hydrogen-bond acceptors (Lipinski definition) is 3. The molecule has 23 heavy (non-hydrogen) atoms. The van der Waals surface area contributed by atoms with E-state index in [0.29, 0.717) is 6.54 Å². The van der Waals surface area contributed by atoms with Gasteiger partial charge in [-0.3, -0.25) is 9.59 Å². The molecular formula is C18H25N3O2. The molecule has 2 rings (SSSR count).